The molecule has 0 fully saturated rings. The molecule has 0 saturated heterocycles. The Labute approximate surface area is 301 Å². The summed E-state index contributed by atoms with van der Waals surface area (Å²) in [6.45, 7) is 0. The summed E-state index contributed by atoms with van der Waals surface area (Å²) in [6.07, 6.45) is 17.0. The quantitative estimate of drug-likeness (QED) is 0.204. The number of hydrogen-bond donors (Lipinski definition) is 4. The highest BCUT2D eigenvalue weighted by Gasteiger charge is 2.20. The molecule has 252 valence electrons. The number of nitrogens with zero attached hydrogens (tertiary/aromatic N) is 4. The van der Waals surface area contributed by atoms with Crippen molar-refractivity contribution in [3.8, 4) is 0 Å². The number of hydrogen-bond acceptors (Lipinski definition) is 0. The largest absolute Gasteiger partial charge is 0.354 e. The zero-order valence-corrected chi connectivity index (χ0v) is 29.6. The SMILES string of the molecule is C[n+]1cccc(C2=c3ccc([nH]3)=C(c3ccc[n+](C)c3)c3ccc([nH]3)C(c3ccc[n+](C)c3)=c3ccc([nH]3)=C(c3ccc[n+](C)c3)c3ccc2[nH]3)c1. The van der Waals surface area contributed by atoms with Crippen LogP contribution >= 0.6 is 0 Å². The maximum absolute atomic E-state index is 3.87. The van der Waals surface area contributed by atoms with Crippen LogP contribution in [0.25, 0.3) is 22.3 Å². The summed E-state index contributed by atoms with van der Waals surface area (Å²) < 4.78 is 8.39. The van der Waals surface area contributed by atoms with Crippen LogP contribution in [0.4, 0.5) is 0 Å². The zero-order chi connectivity index (χ0) is 35.3. The van der Waals surface area contributed by atoms with Crippen LogP contribution in [-0.2, 0) is 28.2 Å². The molecule has 0 spiro atoms. The molecule has 9 heterocycles. The summed E-state index contributed by atoms with van der Waals surface area (Å²) in [4.78, 5) is 15.5. The van der Waals surface area contributed by atoms with Crippen molar-refractivity contribution < 1.29 is 18.3 Å². The summed E-state index contributed by atoms with van der Waals surface area (Å²) in [5.41, 5.74) is 12.8. The summed E-state index contributed by atoms with van der Waals surface area (Å²) in [5, 5.41) is 4.07. The van der Waals surface area contributed by atoms with E-state index in [1.807, 2.05) is 0 Å². The molecule has 52 heavy (non-hydrogen) atoms. The Kier molecular flexibility index (Phi) is 7.51. The smallest absolute Gasteiger partial charge is 0.176 e. The number of H-pyrrole nitrogens is 4. The maximum Gasteiger partial charge on any atom is 0.176 e. The van der Waals surface area contributed by atoms with E-state index in [-0.39, 0.29) is 0 Å². The minimum atomic E-state index is 1.02. The highest BCUT2D eigenvalue weighted by Crippen LogP contribution is 2.26. The van der Waals surface area contributed by atoms with Crippen LogP contribution < -0.4 is 39.7 Å². The molecule has 0 atom stereocenters. The second-order valence-electron chi connectivity index (χ2n) is 13.7. The van der Waals surface area contributed by atoms with Crippen molar-refractivity contribution in [1.82, 2.24) is 19.9 Å². The van der Waals surface area contributed by atoms with Crippen molar-refractivity contribution in [2.75, 3.05) is 0 Å². The third-order valence-corrected chi connectivity index (χ3v) is 9.81. The van der Waals surface area contributed by atoms with Gasteiger partial charge in [-0.15, -0.1) is 0 Å². The van der Waals surface area contributed by atoms with E-state index < -0.39 is 0 Å². The van der Waals surface area contributed by atoms with Crippen molar-refractivity contribution in [3.05, 3.63) is 213 Å². The first-order valence-corrected chi connectivity index (χ1v) is 17.5. The molecular weight excluding hydrogens is 641 g/mol. The van der Waals surface area contributed by atoms with Gasteiger partial charge in [-0.1, -0.05) is 0 Å². The normalized spacial score (nSPS) is 12.8. The van der Waals surface area contributed by atoms with Gasteiger partial charge >= 0.3 is 0 Å². The highest BCUT2D eigenvalue weighted by atomic mass is 14.9. The number of fused-ring (bicyclic) bond motifs is 8. The zero-order valence-electron chi connectivity index (χ0n) is 29.6. The summed E-state index contributed by atoms with van der Waals surface area (Å²) in [5.74, 6) is 0. The highest BCUT2D eigenvalue weighted by molar-refractivity contribution is 5.84. The fraction of sp³-hybridized carbons (Fsp3) is 0.0909. The van der Waals surface area contributed by atoms with Crippen LogP contribution in [-0.4, -0.2) is 19.9 Å². The van der Waals surface area contributed by atoms with E-state index in [0.717, 1.165) is 88.7 Å². The first-order valence-electron chi connectivity index (χ1n) is 17.5. The van der Waals surface area contributed by atoms with E-state index >= 15 is 0 Å². The fourth-order valence-electron chi connectivity index (χ4n) is 7.51. The van der Waals surface area contributed by atoms with Crippen LogP contribution in [0.1, 0.15) is 45.0 Å². The van der Waals surface area contributed by atoms with Gasteiger partial charge in [0.2, 0.25) is 0 Å². The molecule has 8 nitrogen and oxygen atoms in total. The Morgan fingerprint density at radius 2 is 0.558 bits per heavy atom. The monoisotopic (exact) mass is 680 g/mol. The van der Waals surface area contributed by atoms with Gasteiger partial charge in [-0.25, -0.2) is 18.3 Å². The Balaban J connectivity index is 1.45. The van der Waals surface area contributed by atoms with Crippen molar-refractivity contribution in [3.63, 3.8) is 0 Å². The molecule has 8 heteroatoms. The van der Waals surface area contributed by atoms with Gasteiger partial charge in [-0.05, 0) is 72.8 Å². The number of rotatable bonds is 4. The molecule has 4 N–H and O–H groups in total. The second-order valence-corrected chi connectivity index (χ2v) is 13.7. The van der Waals surface area contributed by atoms with E-state index in [4.69, 9.17) is 0 Å². The lowest BCUT2D eigenvalue weighted by Gasteiger charge is -2.08. The van der Waals surface area contributed by atoms with Crippen molar-refractivity contribution in [2.45, 2.75) is 0 Å². The third-order valence-electron chi connectivity index (χ3n) is 9.81. The van der Waals surface area contributed by atoms with Crippen LogP contribution in [0.3, 0.4) is 0 Å². The molecule has 0 aromatic carbocycles. The van der Waals surface area contributed by atoms with Crippen molar-refractivity contribution >= 4 is 22.3 Å². The molecule has 1 aliphatic rings. The van der Waals surface area contributed by atoms with Gasteiger partial charge in [0.25, 0.3) is 0 Å². The van der Waals surface area contributed by atoms with E-state index in [2.05, 4.69) is 213 Å². The molecule has 1 aliphatic heterocycles. The van der Waals surface area contributed by atoms with Crippen molar-refractivity contribution in [2.24, 2.45) is 28.2 Å². The maximum atomic E-state index is 3.87. The number of aryl methyl sites for hydroxylation is 4. The van der Waals surface area contributed by atoms with Crippen LogP contribution in [0.2, 0.25) is 0 Å². The van der Waals surface area contributed by atoms with E-state index in [9.17, 15) is 0 Å². The van der Waals surface area contributed by atoms with Gasteiger partial charge in [0, 0.05) is 113 Å². The summed E-state index contributed by atoms with van der Waals surface area (Å²) >= 11 is 0. The summed E-state index contributed by atoms with van der Waals surface area (Å²) in [6, 6.07) is 34.7. The fourth-order valence-corrected chi connectivity index (χ4v) is 7.51. The predicted molar refractivity (Wildman–Crippen MR) is 199 cm³/mol. The minimum absolute atomic E-state index is 1.02. The molecule has 0 radical (unpaired) electrons. The number of pyridine rings is 4. The number of aromatic amines is 4. The molecule has 0 saturated carbocycles. The molecule has 0 unspecified atom stereocenters. The molecule has 8 aromatic rings. The molecule has 8 bridgehead atoms. The Hall–Kier alpha value is -6.80. The van der Waals surface area contributed by atoms with Crippen LogP contribution in [0.15, 0.2) is 147 Å². The standard InChI is InChI=1S/C44H40N8/c1-49-21-5-9-29(25-49)41-33-13-15-35(45-33)42(30-10-6-22-50(2)26-30)37-17-19-39(47-37)44(32-12-8-24-52(4)28-32)40-20-18-38(48-40)43(36-16-14-34(41)46-36)31-11-7-23-51(3)27-31/h5-28,45-48H,1-4H3/q+4. The molecule has 9 rings (SSSR count). The summed E-state index contributed by atoms with van der Waals surface area (Å²) in [7, 11) is 8.26. The molecular formula is C44H40N8+4. The predicted octanol–water partition coefficient (Wildman–Crippen LogP) is 1.60. The number of nitrogens with one attached hydrogen (secondary N) is 4. The lowest BCUT2D eigenvalue weighted by molar-refractivity contribution is -0.671. The first kappa shape index (κ1) is 31.2. The third kappa shape index (κ3) is 5.60. The molecule has 8 aromatic heterocycles. The topological polar surface area (TPSA) is 78.7 Å². The van der Waals surface area contributed by atoms with Gasteiger partial charge in [0.15, 0.2) is 49.6 Å². The number of aromatic nitrogens is 8. The van der Waals surface area contributed by atoms with Crippen molar-refractivity contribution in [1.29, 1.82) is 0 Å². The molecule has 0 aliphatic carbocycles. The minimum Gasteiger partial charge on any atom is -0.354 e. The van der Waals surface area contributed by atoms with Gasteiger partial charge in [-0.2, -0.15) is 0 Å². The Morgan fingerprint density at radius 3 is 0.788 bits per heavy atom. The van der Waals surface area contributed by atoms with Gasteiger partial charge < -0.3 is 19.9 Å². The van der Waals surface area contributed by atoms with Crippen LogP contribution in [0, 0.1) is 0 Å². The van der Waals surface area contributed by atoms with Gasteiger partial charge in [-0.3, -0.25) is 0 Å². The van der Waals surface area contributed by atoms with Crippen LogP contribution in [0.5, 0.6) is 0 Å². The van der Waals surface area contributed by atoms with E-state index in [1.165, 1.54) is 0 Å². The average molecular weight is 681 g/mol. The van der Waals surface area contributed by atoms with Gasteiger partial charge in [0.1, 0.15) is 28.2 Å². The Bertz CT molecular complexity index is 2520. The second kappa shape index (κ2) is 12.5. The average Bonchev–Trinajstić information content (AvgIpc) is 3.96. The lowest BCUT2D eigenvalue weighted by atomic mass is 10.0. The van der Waals surface area contributed by atoms with Gasteiger partial charge in [0.05, 0.1) is 0 Å². The first-order chi connectivity index (χ1) is 25.4. The molecule has 0 amide bonds. The lowest BCUT2D eigenvalue weighted by Crippen LogP contribution is -2.28. The Morgan fingerprint density at radius 1 is 0.308 bits per heavy atom. The van der Waals surface area contributed by atoms with E-state index in [0.29, 0.717) is 0 Å². The van der Waals surface area contributed by atoms with E-state index in [1.54, 1.807) is 0 Å².